The number of aromatic nitrogens is 3. The van der Waals surface area contributed by atoms with E-state index in [0.717, 1.165) is 22.9 Å². The van der Waals surface area contributed by atoms with Gasteiger partial charge in [0, 0.05) is 22.7 Å². The van der Waals surface area contributed by atoms with Crippen molar-refractivity contribution >= 4 is 40.6 Å². The van der Waals surface area contributed by atoms with Gasteiger partial charge in [-0.15, -0.1) is 5.10 Å². The molecular weight excluding hydrogens is 390 g/mol. The summed E-state index contributed by atoms with van der Waals surface area (Å²) in [4.78, 5) is 26.8. The lowest BCUT2D eigenvalue weighted by Crippen LogP contribution is -2.15. The average molecular weight is 404 g/mol. The lowest BCUT2D eigenvalue weighted by Gasteiger charge is -2.07. The van der Waals surface area contributed by atoms with Crippen LogP contribution in [-0.2, 0) is 4.79 Å². The molecule has 0 saturated carbocycles. The smallest absolute Gasteiger partial charge is 0.271 e. The van der Waals surface area contributed by atoms with Gasteiger partial charge in [0.1, 0.15) is 0 Å². The molecule has 0 aliphatic heterocycles. The average Bonchev–Trinajstić information content (AvgIpc) is 3.11. The largest absolute Gasteiger partial charge is 0.325 e. The van der Waals surface area contributed by atoms with E-state index in [9.17, 15) is 14.9 Å². The number of halogens is 1. The fraction of sp³-hybridized carbons (Fsp3) is 0.118. The third kappa shape index (κ3) is 4.83. The van der Waals surface area contributed by atoms with Crippen LogP contribution in [0.3, 0.4) is 0 Å². The number of anilines is 1. The van der Waals surface area contributed by atoms with Gasteiger partial charge in [-0.3, -0.25) is 20.0 Å². The highest BCUT2D eigenvalue weighted by Crippen LogP contribution is 2.23. The molecule has 10 heteroatoms. The molecule has 1 aromatic heterocycles. The minimum atomic E-state index is -0.504. The van der Waals surface area contributed by atoms with Gasteiger partial charge in [0.2, 0.25) is 11.1 Å². The summed E-state index contributed by atoms with van der Waals surface area (Å²) >= 11 is 7.02. The lowest BCUT2D eigenvalue weighted by molar-refractivity contribution is -0.384. The molecular formula is C17H14ClN5O3S. The van der Waals surface area contributed by atoms with Gasteiger partial charge in [0.05, 0.1) is 16.4 Å². The molecule has 3 aromatic rings. The predicted octanol–water partition coefficient (Wildman–Crippen LogP) is 4.07. The number of carbonyl (C=O) groups is 1. The zero-order chi connectivity index (χ0) is 19.4. The number of aryl methyl sites for hydroxylation is 1. The number of nitrogens with one attached hydrogen (secondary N) is 2. The Balaban J connectivity index is 1.61. The molecule has 0 atom stereocenters. The van der Waals surface area contributed by atoms with E-state index in [1.54, 1.807) is 25.1 Å². The minimum absolute atomic E-state index is 0.0695. The summed E-state index contributed by atoms with van der Waals surface area (Å²) in [6.07, 6.45) is 0. The Morgan fingerprint density at radius 1 is 1.30 bits per heavy atom. The number of carbonyl (C=O) groups excluding carboxylic acids is 1. The summed E-state index contributed by atoms with van der Waals surface area (Å²) in [5.74, 6) is 0.339. The van der Waals surface area contributed by atoms with Crippen molar-refractivity contribution < 1.29 is 9.72 Å². The number of hydrogen-bond acceptors (Lipinski definition) is 6. The molecule has 0 spiro atoms. The van der Waals surface area contributed by atoms with E-state index in [1.165, 1.54) is 12.1 Å². The Morgan fingerprint density at radius 2 is 2.04 bits per heavy atom. The first-order valence-corrected chi connectivity index (χ1v) is 9.15. The molecule has 0 saturated heterocycles. The number of hydrogen-bond donors (Lipinski definition) is 2. The monoisotopic (exact) mass is 403 g/mol. The van der Waals surface area contributed by atoms with Crippen LogP contribution in [0.4, 0.5) is 11.4 Å². The molecule has 138 valence electrons. The molecule has 1 heterocycles. The van der Waals surface area contributed by atoms with Gasteiger partial charge >= 0.3 is 0 Å². The highest BCUT2D eigenvalue weighted by Gasteiger charge is 2.13. The molecule has 0 aliphatic carbocycles. The van der Waals surface area contributed by atoms with Gasteiger partial charge in [-0.05, 0) is 36.8 Å². The van der Waals surface area contributed by atoms with Crippen LogP contribution in [0.25, 0.3) is 11.4 Å². The van der Waals surface area contributed by atoms with E-state index in [4.69, 9.17) is 11.6 Å². The first kappa shape index (κ1) is 18.9. The number of thioether (sulfide) groups is 1. The Labute approximate surface area is 163 Å². The number of benzene rings is 2. The van der Waals surface area contributed by atoms with Crippen LogP contribution in [0.2, 0.25) is 5.02 Å². The van der Waals surface area contributed by atoms with Crippen LogP contribution in [0.5, 0.6) is 0 Å². The normalized spacial score (nSPS) is 10.6. The van der Waals surface area contributed by atoms with Crippen molar-refractivity contribution in [2.24, 2.45) is 0 Å². The first-order valence-electron chi connectivity index (χ1n) is 7.78. The fourth-order valence-electron chi connectivity index (χ4n) is 2.22. The quantitative estimate of drug-likeness (QED) is 0.364. The number of nitro benzene ring substituents is 1. The number of amides is 1. The number of H-pyrrole nitrogens is 1. The first-order chi connectivity index (χ1) is 12.9. The summed E-state index contributed by atoms with van der Waals surface area (Å²) in [6.45, 7) is 1.76. The van der Waals surface area contributed by atoms with Gasteiger partial charge < -0.3 is 5.32 Å². The maximum atomic E-state index is 12.2. The highest BCUT2D eigenvalue weighted by molar-refractivity contribution is 7.99. The Kier molecular flexibility index (Phi) is 5.72. The van der Waals surface area contributed by atoms with E-state index < -0.39 is 4.92 Å². The van der Waals surface area contributed by atoms with E-state index >= 15 is 0 Å². The van der Waals surface area contributed by atoms with Gasteiger partial charge in [-0.25, -0.2) is 4.98 Å². The second-order valence-corrected chi connectivity index (χ2v) is 6.95. The predicted molar refractivity (Wildman–Crippen MR) is 104 cm³/mol. The van der Waals surface area contributed by atoms with Crippen LogP contribution < -0.4 is 5.32 Å². The molecule has 1 amide bonds. The second kappa shape index (κ2) is 8.19. The molecule has 27 heavy (non-hydrogen) atoms. The van der Waals surface area contributed by atoms with E-state index in [-0.39, 0.29) is 17.3 Å². The fourth-order valence-corrected chi connectivity index (χ4v) is 2.95. The minimum Gasteiger partial charge on any atom is -0.325 e. The van der Waals surface area contributed by atoms with Crippen LogP contribution in [0.1, 0.15) is 5.56 Å². The topological polar surface area (TPSA) is 114 Å². The maximum Gasteiger partial charge on any atom is 0.271 e. The molecule has 2 aromatic carbocycles. The Morgan fingerprint density at radius 3 is 2.74 bits per heavy atom. The molecule has 0 bridgehead atoms. The molecule has 0 unspecified atom stereocenters. The van der Waals surface area contributed by atoms with Crippen molar-refractivity contribution in [3.63, 3.8) is 0 Å². The summed E-state index contributed by atoms with van der Waals surface area (Å²) in [6, 6.07) is 11.5. The summed E-state index contributed by atoms with van der Waals surface area (Å²) < 4.78 is 0. The third-order valence-electron chi connectivity index (χ3n) is 3.62. The molecule has 2 N–H and O–H groups in total. The van der Waals surface area contributed by atoms with Gasteiger partial charge in [0.25, 0.3) is 5.69 Å². The van der Waals surface area contributed by atoms with Crippen molar-refractivity contribution in [2.45, 2.75) is 12.1 Å². The molecule has 3 rings (SSSR count). The SMILES string of the molecule is Cc1ccc([N+](=O)[O-])cc1NC(=O)CSc1n[nH]c(-c2ccc(Cl)cc2)n1. The lowest BCUT2D eigenvalue weighted by atomic mass is 10.2. The summed E-state index contributed by atoms with van der Waals surface area (Å²) in [7, 11) is 0. The summed E-state index contributed by atoms with van der Waals surface area (Å²) in [5, 5.41) is 21.5. The standard InChI is InChI=1S/C17H14ClN5O3S/c1-10-2-7-13(23(25)26)8-14(10)19-15(24)9-27-17-20-16(21-22-17)11-3-5-12(18)6-4-11/h2-8H,9H2,1H3,(H,19,24)(H,20,21,22). The highest BCUT2D eigenvalue weighted by atomic mass is 35.5. The van der Waals surface area contributed by atoms with Crippen molar-refractivity contribution in [1.82, 2.24) is 15.2 Å². The zero-order valence-corrected chi connectivity index (χ0v) is 15.7. The maximum absolute atomic E-state index is 12.2. The number of non-ortho nitro benzene ring substituents is 1. The van der Waals surface area contributed by atoms with Crippen molar-refractivity contribution in [1.29, 1.82) is 0 Å². The van der Waals surface area contributed by atoms with Crippen molar-refractivity contribution in [3.05, 3.63) is 63.2 Å². The van der Waals surface area contributed by atoms with Crippen LogP contribution in [0, 0.1) is 17.0 Å². The van der Waals surface area contributed by atoms with Crippen molar-refractivity contribution in [3.8, 4) is 11.4 Å². The second-order valence-electron chi connectivity index (χ2n) is 5.57. The van der Waals surface area contributed by atoms with Gasteiger partial charge in [-0.1, -0.05) is 29.4 Å². The summed E-state index contributed by atoms with van der Waals surface area (Å²) in [5.41, 5.74) is 1.90. The zero-order valence-electron chi connectivity index (χ0n) is 14.1. The molecule has 0 radical (unpaired) electrons. The van der Waals surface area contributed by atoms with Gasteiger partial charge in [0.15, 0.2) is 5.82 Å². The number of nitrogens with zero attached hydrogens (tertiary/aromatic N) is 3. The Bertz CT molecular complexity index is 990. The van der Waals surface area contributed by atoms with Crippen LogP contribution in [-0.4, -0.2) is 31.8 Å². The molecule has 0 aliphatic rings. The number of rotatable bonds is 6. The number of nitro groups is 1. The van der Waals surface area contributed by atoms with Crippen molar-refractivity contribution in [2.75, 3.05) is 11.1 Å². The van der Waals surface area contributed by atoms with E-state index in [0.29, 0.717) is 21.7 Å². The Hall–Kier alpha value is -2.91. The molecule has 0 fully saturated rings. The third-order valence-corrected chi connectivity index (χ3v) is 4.72. The van der Waals surface area contributed by atoms with Gasteiger partial charge in [-0.2, -0.15) is 0 Å². The molecule has 8 nitrogen and oxygen atoms in total. The van der Waals surface area contributed by atoms with Crippen LogP contribution >= 0.6 is 23.4 Å². The van der Waals surface area contributed by atoms with E-state index in [2.05, 4.69) is 20.5 Å². The van der Waals surface area contributed by atoms with E-state index in [1.807, 2.05) is 12.1 Å². The number of aromatic amines is 1. The van der Waals surface area contributed by atoms with Crippen LogP contribution in [0.15, 0.2) is 47.6 Å².